The first-order chi connectivity index (χ1) is 10.3. The van der Waals surface area contributed by atoms with Crippen molar-refractivity contribution >= 4 is 11.9 Å². The van der Waals surface area contributed by atoms with Crippen LogP contribution in [0.25, 0.3) is 0 Å². The summed E-state index contributed by atoms with van der Waals surface area (Å²) in [5.74, 6) is -1.47. The van der Waals surface area contributed by atoms with Crippen molar-refractivity contribution in [1.29, 1.82) is 0 Å². The van der Waals surface area contributed by atoms with Crippen LogP contribution in [0.5, 0.6) is 0 Å². The number of benzene rings is 1. The lowest BCUT2D eigenvalue weighted by molar-refractivity contribution is -0.139. The van der Waals surface area contributed by atoms with Crippen molar-refractivity contribution in [3.63, 3.8) is 0 Å². The van der Waals surface area contributed by atoms with Gasteiger partial charge in [-0.15, -0.1) is 0 Å². The molecule has 0 aliphatic heterocycles. The number of carboxylic acid groups (broad SMARTS) is 1. The maximum absolute atomic E-state index is 12.9. The van der Waals surface area contributed by atoms with Crippen molar-refractivity contribution < 1.29 is 19.1 Å². The average molecular weight is 309 g/mol. The van der Waals surface area contributed by atoms with Gasteiger partial charge in [0.25, 0.3) is 0 Å². The monoisotopic (exact) mass is 309 g/mol. The third kappa shape index (κ3) is 5.13. The Bertz CT molecular complexity index is 509. The normalized spacial score (nSPS) is 12.7. The van der Waals surface area contributed by atoms with E-state index < -0.39 is 11.5 Å². The Morgan fingerprint density at radius 1 is 1.23 bits per heavy atom. The standard InChI is InChI=1S/C17H24FNO3/c1-4-17(5-2,11-16(21)22)19-15(20)10-12(3)13-6-8-14(18)9-7-13/h6-9,12H,4-5,10-11H2,1-3H3,(H,19,20)(H,21,22). The minimum Gasteiger partial charge on any atom is -0.481 e. The molecule has 2 N–H and O–H groups in total. The Hall–Kier alpha value is -1.91. The second kappa shape index (κ2) is 7.92. The van der Waals surface area contributed by atoms with E-state index in [2.05, 4.69) is 5.32 Å². The van der Waals surface area contributed by atoms with Gasteiger partial charge in [-0.05, 0) is 36.5 Å². The second-order valence-electron chi connectivity index (χ2n) is 5.76. The summed E-state index contributed by atoms with van der Waals surface area (Å²) in [6.45, 7) is 5.63. The molecule has 1 aromatic rings. The van der Waals surface area contributed by atoms with E-state index in [1.54, 1.807) is 12.1 Å². The average Bonchev–Trinajstić information content (AvgIpc) is 2.46. The van der Waals surface area contributed by atoms with Gasteiger partial charge in [0.05, 0.1) is 6.42 Å². The van der Waals surface area contributed by atoms with Crippen molar-refractivity contribution in [1.82, 2.24) is 5.32 Å². The van der Waals surface area contributed by atoms with Gasteiger partial charge in [-0.1, -0.05) is 32.9 Å². The van der Waals surface area contributed by atoms with Crippen LogP contribution in [0.4, 0.5) is 4.39 Å². The fraction of sp³-hybridized carbons (Fsp3) is 0.529. The Morgan fingerprint density at radius 3 is 2.23 bits per heavy atom. The summed E-state index contributed by atoms with van der Waals surface area (Å²) in [6.07, 6.45) is 1.28. The van der Waals surface area contributed by atoms with Crippen molar-refractivity contribution in [3.8, 4) is 0 Å². The first-order valence-corrected chi connectivity index (χ1v) is 7.60. The molecule has 5 heteroatoms. The number of aliphatic carboxylic acids is 1. The maximum Gasteiger partial charge on any atom is 0.305 e. The van der Waals surface area contributed by atoms with Crippen molar-refractivity contribution in [2.75, 3.05) is 0 Å². The van der Waals surface area contributed by atoms with Crippen molar-refractivity contribution in [2.24, 2.45) is 0 Å². The smallest absolute Gasteiger partial charge is 0.305 e. The topological polar surface area (TPSA) is 66.4 Å². The van der Waals surface area contributed by atoms with Crippen LogP contribution in [-0.2, 0) is 9.59 Å². The highest BCUT2D eigenvalue weighted by molar-refractivity contribution is 5.79. The van der Waals surface area contributed by atoms with Crippen LogP contribution < -0.4 is 5.32 Å². The molecule has 0 fully saturated rings. The summed E-state index contributed by atoms with van der Waals surface area (Å²) in [5.41, 5.74) is 0.180. The van der Waals surface area contributed by atoms with E-state index in [4.69, 9.17) is 5.11 Å². The Morgan fingerprint density at radius 2 is 1.77 bits per heavy atom. The lowest BCUT2D eigenvalue weighted by Gasteiger charge is -2.32. The predicted octanol–water partition coefficient (Wildman–Crippen LogP) is 3.47. The van der Waals surface area contributed by atoms with Crippen LogP contribution in [0.2, 0.25) is 0 Å². The quantitative estimate of drug-likeness (QED) is 0.772. The number of hydrogen-bond acceptors (Lipinski definition) is 2. The predicted molar refractivity (Wildman–Crippen MR) is 83.1 cm³/mol. The molecule has 0 bridgehead atoms. The summed E-state index contributed by atoms with van der Waals surface area (Å²) >= 11 is 0. The van der Waals surface area contributed by atoms with Gasteiger partial charge in [-0.2, -0.15) is 0 Å². The molecule has 1 unspecified atom stereocenters. The van der Waals surface area contributed by atoms with Crippen molar-refractivity contribution in [2.45, 2.75) is 57.9 Å². The summed E-state index contributed by atoms with van der Waals surface area (Å²) in [4.78, 5) is 23.2. The van der Waals surface area contributed by atoms with E-state index in [0.29, 0.717) is 12.8 Å². The number of hydrogen-bond donors (Lipinski definition) is 2. The molecular weight excluding hydrogens is 285 g/mol. The Balaban J connectivity index is 2.70. The van der Waals surface area contributed by atoms with Gasteiger partial charge < -0.3 is 10.4 Å². The molecule has 0 heterocycles. The lowest BCUT2D eigenvalue weighted by atomic mass is 9.88. The number of nitrogens with one attached hydrogen (secondary N) is 1. The van der Waals surface area contributed by atoms with Crippen LogP contribution in [0.3, 0.4) is 0 Å². The molecular formula is C17H24FNO3. The second-order valence-corrected chi connectivity index (χ2v) is 5.76. The largest absolute Gasteiger partial charge is 0.481 e. The zero-order valence-electron chi connectivity index (χ0n) is 13.4. The first-order valence-electron chi connectivity index (χ1n) is 7.60. The molecule has 1 rings (SSSR count). The summed E-state index contributed by atoms with van der Waals surface area (Å²) < 4.78 is 12.9. The van der Waals surface area contributed by atoms with E-state index >= 15 is 0 Å². The van der Waals surface area contributed by atoms with Gasteiger partial charge in [0.15, 0.2) is 0 Å². The maximum atomic E-state index is 12.9. The third-order valence-corrected chi connectivity index (χ3v) is 4.18. The molecule has 122 valence electrons. The third-order valence-electron chi connectivity index (χ3n) is 4.18. The molecule has 0 aliphatic rings. The molecule has 0 aliphatic carbocycles. The van der Waals surface area contributed by atoms with Crippen molar-refractivity contribution in [3.05, 3.63) is 35.6 Å². The summed E-state index contributed by atoms with van der Waals surface area (Å²) in [6, 6.07) is 6.07. The van der Waals surface area contributed by atoms with Gasteiger partial charge in [0.1, 0.15) is 5.82 Å². The Kier molecular flexibility index (Phi) is 6.53. The lowest BCUT2D eigenvalue weighted by Crippen LogP contribution is -2.49. The van der Waals surface area contributed by atoms with E-state index in [1.165, 1.54) is 12.1 Å². The minimum absolute atomic E-state index is 0.0585. The van der Waals surface area contributed by atoms with Crippen LogP contribution >= 0.6 is 0 Å². The number of carboxylic acids is 1. The number of rotatable bonds is 8. The van der Waals surface area contributed by atoms with E-state index in [1.807, 2.05) is 20.8 Å². The highest BCUT2D eigenvalue weighted by Gasteiger charge is 2.31. The highest BCUT2D eigenvalue weighted by atomic mass is 19.1. The fourth-order valence-corrected chi connectivity index (χ4v) is 2.54. The van der Waals surface area contributed by atoms with Gasteiger partial charge in [-0.25, -0.2) is 4.39 Å². The van der Waals surface area contributed by atoms with Crippen LogP contribution in [-0.4, -0.2) is 22.5 Å². The van der Waals surface area contributed by atoms with Gasteiger partial charge in [0, 0.05) is 12.0 Å². The van der Waals surface area contributed by atoms with Crippen LogP contribution in [0, 0.1) is 5.82 Å². The molecule has 0 spiro atoms. The van der Waals surface area contributed by atoms with Gasteiger partial charge in [-0.3, -0.25) is 9.59 Å². The van der Waals surface area contributed by atoms with Gasteiger partial charge >= 0.3 is 5.97 Å². The molecule has 1 aromatic carbocycles. The molecule has 1 amide bonds. The zero-order valence-corrected chi connectivity index (χ0v) is 13.4. The molecule has 0 radical (unpaired) electrons. The van der Waals surface area contributed by atoms with E-state index in [9.17, 15) is 14.0 Å². The number of carbonyl (C=O) groups is 2. The fourth-order valence-electron chi connectivity index (χ4n) is 2.54. The van der Waals surface area contributed by atoms with Crippen LogP contribution in [0.15, 0.2) is 24.3 Å². The summed E-state index contributed by atoms with van der Waals surface area (Å²) in [7, 11) is 0. The molecule has 0 saturated carbocycles. The Labute approximate surface area is 130 Å². The minimum atomic E-state index is -0.921. The van der Waals surface area contributed by atoms with Gasteiger partial charge in [0.2, 0.25) is 5.91 Å². The van der Waals surface area contributed by atoms with E-state index in [0.717, 1.165) is 5.56 Å². The summed E-state index contributed by atoms with van der Waals surface area (Å²) in [5, 5.41) is 11.9. The molecule has 1 atom stereocenters. The highest BCUT2D eigenvalue weighted by Crippen LogP contribution is 2.23. The molecule has 0 saturated heterocycles. The molecule has 4 nitrogen and oxygen atoms in total. The number of amides is 1. The zero-order chi connectivity index (χ0) is 16.8. The molecule has 0 aromatic heterocycles. The molecule has 22 heavy (non-hydrogen) atoms. The van der Waals surface area contributed by atoms with Crippen LogP contribution in [0.1, 0.15) is 57.9 Å². The number of carbonyl (C=O) groups excluding carboxylic acids is 1. The van der Waals surface area contributed by atoms with E-state index in [-0.39, 0.29) is 30.5 Å². The number of halogens is 1. The first kappa shape index (κ1) is 18.1. The SMILES string of the molecule is CCC(CC)(CC(=O)O)NC(=O)CC(C)c1ccc(F)cc1.